The Bertz CT molecular complexity index is 1440. The molecule has 258 valence electrons. The summed E-state index contributed by atoms with van der Waals surface area (Å²) in [6, 6.07) is 26.1. The molecule has 4 N–H and O–H groups in total. The van der Waals surface area contributed by atoms with Gasteiger partial charge in [-0.05, 0) is 48.5 Å². The van der Waals surface area contributed by atoms with E-state index in [1.54, 1.807) is 36.4 Å². The first kappa shape index (κ1) is 48.9. The first-order valence-electron chi connectivity index (χ1n) is 12.3. The van der Waals surface area contributed by atoms with E-state index in [1.165, 1.54) is 86.6 Å². The summed E-state index contributed by atoms with van der Waals surface area (Å²) in [4.78, 5) is 40.6. The van der Waals surface area contributed by atoms with E-state index in [9.17, 15) is 39.6 Å². The third-order valence-electron chi connectivity index (χ3n) is 4.50. The second kappa shape index (κ2) is 28.5. The Morgan fingerprint density at radius 1 is 0.438 bits per heavy atom. The largest absolute Gasteiger partial charge is 2.00 e. The second-order valence-electron chi connectivity index (χ2n) is 7.67. The van der Waals surface area contributed by atoms with Gasteiger partial charge in [-0.2, -0.15) is 10.5 Å². The van der Waals surface area contributed by atoms with Crippen LogP contribution in [-0.4, -0.2) is 44.3 Å². The number of hydrogen-bond acceptors (Lipinski definition) is 14. The van der Waals surface area contributed by atoms with Crippen LogP contribution in [-0.2, 0) is 34.1 Å². The summed E-state index contributed by atoms with van der Waals surface area (Å²) >= 11 is 0. The SMILES string of the molecule is CC#N.CC#N.O=C([O-])c1ccccc1O.O=C([O-])c1ccccc1O.O=C([O-])c1ccccc1O.O=C([O-])c1ccccc1O.[Cu+2].[Cu+2]. The number of carboxylic acids is 4. The number of para-hydroxylation sites is 4. The van der Waals surface area contributed by atoms with Gasteiger partial charge in [0, 0.05) is 36.1 Å². The molecule has 0 fully saturated rings. The average molecular weight is 758 g/mol. The molecule has 4 aromatic rings. The van der Waals surface area contributed by atoms with Crippen molar-refractivity contribution in [2.24, 2.45) is 0 Å². The van der Waals surface area contributed by atoms with Gasteiger partial charge in [0.15, 0.2) is 0 Å². The Hall–Kier alpha value is -6.02. The van der Waals surface area contributed by atoms with Crippen molar-refractivity contribution in [2.75, 3.05) is 0 Å². The Morgan fingerprint density at radius 2 is 0.562 bits per heavy atom. The van der Waals surface area contributed by atoms with Crippen molar-refractivity contribution in [3.05, 3.63) is 119 Å². The Kier molecular flexibility index (Phi) is 29.0. The Morgan fingerprint density at radius 3 is 0.646 bits per heavy atom. The molecular weight excluding hydrogens is 731 g/mol. The molecule has 48 heavy (non-hydrogen) atoms. The zero-order valence-electron chi connectivity index (χ0n) is 24.8. The molecule has 2 radical (unpaired) electrons. The maximum atomic E-state index is 10.2. The summed E-state index contributed by atoms with van der Waals surface area (Å²) < 4.78 is 0. The van der Waals surface area contributed by atoms with Gasteiger partial charge in [-0.1, -0.05) is 48.5 Å². The average Bonchev–Trinajstić information content (AvgIpc) is 2.99. The van der Waals surface area contributed by atoms with Gasteiger partial charge in [-0.3, -0.25) is 0 Å². The van der Waals surface area contributed by atoms with Crippen LogP contribution < -0.4 is 20.4 Å². The van der Waals surface area contributed by atoms with Gasteiger partial charge in [0.05, 0.1) is 36.0 Å². The number of nitrogens with zero attached hydrogens (tertiary/aromatic N) is 2. The normalized spacial score (nSPS) is 8.00. The maximum absolute atomic E-state index is 10.2. The van der Waals surface area contributed by atoms with Crippen molar-refractivity contribution >= 4 is 23.9 Å². The minimum Gasteiger partial charge on any atom is -0.545 e. The smallest absolute Gasteiger partial charge is 0.545 e. The summed E-state index contributed by atoms with van der Waals surface area (Å²) in [5.74, 6) is -6.50. The van der Waals surface area contributed by atoms with Crippen molar-refractivity contribution in [1.82, 2.24) is 0 Å². The van der Waals surface area contributed by atoms with Crippen LogP contribution in [0.3, 0.4) is 0 Å². The molecule has 0 amide bonds. The fourth-order valence-corrected chi connectivity index (χ4v) is 2.59. The van der Waals surface area contributed by atoms with Gasteiger partial charge in [0.25, 0.3) is 0 Å². The van der Waals surface area contributed by atoms with Crippen molar-refractivity contribution in [3.8, 4) is 35.1 Å². The molecule has 0 bridgehead atoms. The first-order valence-corrected chi connectivity index (χ1v) is 12.3. The van der Waals surface area contributed by atoms with Crippen LogP contribution in [0.25, 0.3) is 0 Å². The number of phenols is 4. The quantitative estimate of drug-likeness (QED) is 0.201. The van der Waals surface area contributed by atoms with E-state index in [2.05, 4.69) is 0 Å². The number of aromatic carboxylic acids is 4. The number of hydrogen-bond donors (Lipinski definition) is 4. The molecule has 0 aliphatic heterocycles. The molecule has 0 aromatic heterocycles. The minimum atomic E-state index is -1.36. The third-order valence-corrected chi connectivity index (χ3v) is 4.50. The Balaban J connectivity index is -0.000000251. The van der Waals surface area contributed by atoms with E-state index in [0.717, 1.165) is 0 Å². The fourth-order valence-electron chi connectivity index (χ4n) is 2.59. The van der Waals surface area contributed by atoms with Crippen molar-refractivity contribution in [3.63, 3.8) is 0 Å². The van der Waals surface area contributed by atoms with Gasteiger partial charge in [-0.15, -0.1) is 0 Å². The monoisotopic (exact) mass is 756 g/mol. The van der Waals surface area contributed by atoms with Gasteiger partial charge in [0.1, 0.15) is 23.0 Å². The zero-order chi connectivity index (χ0) is 35.7. The van der Waals surface area contributed by atoms with Crippen molar-refractivity contribution in [1.29, 1.82) is 10.5 Å². The number of rotatable bonds is 4. The zero-order valence-corrected chi connectivity index (χ0v) is 26.7. The van der Waals surface area contributed by atoms with E-state index in [0.29, 0.717) is 0 Å². The molecule has 0 unspecified atom stereocenters. The number of carbonyl (C=O) groups is 4. The van der Waals surface area contributed by atoms with Crippen molar-refractivity contribution < 1.29 is 94.2 Å². The number of aromatic hydroxyl groups is 4. The summed E-state index contributed by atoms with van der Waals surface area (Å²) in [6.07, 6.45) is 0. The molecule has 0 heterocycles. The number of carboxylic acid groups (broad SMARTS) is 4. The van der Waals surface area contributed by atoms with Crippen LogP contribution in [0.1, 0.15) is 55.3 Å². The van der Waals surface area contributed by atoms with E-state index in [1.807, 2.05) is 0 Å². The molecular formula is C32H26Cu2N2O12. The van der Waals surface area contributed by atoms with Gasteiger partial charge in [0.2, 0.25) is 0 Å². The first-order chi connectivity index (χ1) is 21.7. The van der Waals surface area contributed by atoms with Crippen LogP contribution in [0.5, 0.6) is 23.0 Å². The molecule has 0 spiro atoms. The molecule has 0 aliphatic carbocycles. The topological polar surface area (TPSA) is 289 Å². The van der Waals surface area contributed by atoms with E-state index in [4.69, 9.17) is 30.9 Å². The van der Waals surface area contributed by atoms with Gasteiger partial charge in [-0.25, -0.2) is 0 Å². The fraction of sp³-hybridized carbons (Fsp3) is 0.0625. The van der Waals surface area contributed by atoms with E-state index in [-0.39, 0.29) is 79.4 Å². The van der Waals surface area contributed by atoms with E-state index < -0.39 is 23.9 Å². The summed E-state index contributed by atoms with van der Waals surface area (Å²) in [5, 5.41) is 90.7. The number of nitriles is 2. The molecule has 0 saturated heterocycles. The maximum Gasteiger partial charge on any atom is 2.00 e. The molecule has 0 saturated carbocycles. The molecule has 14 nitrogen and oxygen atoms in total. The van der Waals surface area contributed by atoms with Crippen LogP contribution in [0.4, 0.5) is 0 Å². The van der Waals surface area contributed by atoms with Gasteiger partial charge >= 0.3 is 34.1 Å². The molecule has 0 aliphatic rings. The predicted molar refractivity (Wildman–Crippen MR) is 152 cm³/mol. The summed E-state index contributed by atoms with van der Waals surface area (Å²) in [5.41, 5.74) is -0.713. The minimum absolute atomic E-state index is 0. The van der Waals surface area contributed by atoms with E-state index >= 15 is 0 Å². The third kappa shape index (κ3) is 20.8. The van der Waals surface area contributed by atoms with Crippen LogP contribution in [0, 0.1) is 22.7 Å². The standard InChI is InChI=1S/4C7H6O3.2C2H3N.2Cu/c4*8-6-4-2-1-3-5(6)7(9)10;2*1-2-3;;/h4*1-4,8H,(H,9,10);2*1H3;;/q;;;;;;2*+2/p-4. The Labute approximate surface area is 296 Å². The van der Waals surface area contributed by atoms with Crippen LogP contribution in [0.15, 0.2) is 97.1 Å². The summed E-state index contributed by atoms with van der Waals surface area (Å²) in [7, 11) is 0. The molecule has 4 aromatic carbocycles. The molecule has 0 atom stereocenters. The van der Waals surface area contributed by atoms with Crippen molar-refractivity contribution in [2.45, 2.75) is 13.8 Å². The second-order valence-corrected chi connectivity index (χ2v) is 7.67. The predicted octanol–water partition coefficient (Wildman–Crippen LogP) is 0.0776. The molecule has 16 heteroatoms. The number of benzene rings is 4. The number of carbonyl (C=O) groups excluding carboxylic acids is 4. The summed E-state index contributed by atoms with van der Waals surface area (Å²) in [6.45, 7) is 2.86. The molecule has 4 rings (SSSR count). The van der Waals surface area contributed by atoms with Crippen LogP contribution >= 0.6 is 0 Å². The van der Waals surface area contributed by atoms with Crippen LogP contribution in [0.2, 0.25) is 0 Å². The van der Waals surface area contributed by atoms with Gasteiger partial charge < -0.3 is 60.0 Å².